The number of anilines is 1. The van der Waals surface area contributed by atoms with Gasteiger partial charge < -0.3 is 10.2 Å². The first-order valence-electron chi connectivity index (χ1n) is 7.89. The summed E-state index contributed by atoms with van der Waals surface area (Å²) in [5.41, 5.74) is 3.30. The van der Waals surface area contributed by atoms with Crippen molar-refractivity contribution in [3.05, 3.63) is 29.3 Å². The van der Waals surface area contributed by atoms with Crippen molar-refractivity contribution >= 4 is 11.6 Å². The summed E-state index contributed by atoms with van der Waals surface area (Å²) in [6.07, 6.45) is 8.55. The van der Waals surface area contributed by atoms with E-state index >= 15 is 0 Å². The number of nitrogens with one attached hydrogen (secondary N) is 1. The summed E-state index contributed by atoms with van der Waals surface area (Å²) < 4.78 is 0. The fourth-order valence-corrected chi connectivity index (χ4v) is 3.44. The summed E-state index contributed by atoms with van der Waals surface area (Å²) in [7, 11) is 1.97. The van der Waals surface area contributed by atoms with Crippen LogP contribution in [0.4, 0.5) is 5.69 Å². The molecule has 1 aromatic rings. The summed E-state index contributed by atoms with van der Waals surface area (Å²) in [5.74, 6) is 0.174. The zero-order chi connectivity index (χ0) is 13.9. The molecule has 1 aromatic carbocycles. The first-order valence-corrected chi connectivity index (χ1v) is 7.89. The molecule has 3 rings (SSSR count). The van der Waals surface area contributed by atoms with Gasteiger partial charge in [0, 0.05) is 30.9 Å². The molecule has 3 nitrogen and oxygen atoms in total. The molecule has 0 unspecified atom stereocenters. The van der Waals surface area contributed by atoms with Crippen LogP contribution in [0.5, 0.6) is 0 Å². The minimum atomic E-state index is 0.174. The van der Waals surface area contributed by atoms with Crippen LogP contribution in [0, 0.1) is 0 Å². The molecular formula is C17H24N2O. The third-order valence-electron chi connectivity index (χ3n) is 4.76. The zero-order valence-electron chi connectivity index (χ0n) is 12.3. The number of nitrogens with zero attached hydrogens (tertiary/aromatic N) is 1. The monoisotopic (exact) mass is 272 g/mol. The Kier molecular flexibility index (Phi) is 3.95. The van der Waals surface area contributed by atoms with E-state index < -0.39 is 0 Å². The van der Waals surface area contributed by atoms with E-state index in [9.17, 15) is 4.79 Å². The standard InChI is InChI=1S/C17H24N2O/c1-19(15-6-4-2-3-5-7-15)17(20)14-9-8-13-10-11-18-16(13)12-14/h8-9,12,15,18H,2-7,10-11H2,1H3. The Balaban J connectivity index is 1.74. The van der Waals surface area contributed by atoms with Crippen molar-refractivity contribution in [2.24, 2.45) is 0 Å². The first-order chi connectivity index (χ1) is 9.75. The molecule has 1 fully saturated rings. The lowest BCUT2D eigenvalue weighted by molar-refractivity contribution is 0.0718. The molecule has 108 valence electrons. The SMILES string of the molecule is CN(C(=O)c1ccc2c(c1)NCC2)C1CCCCCC1. The van der Waals surface area contributed by atoms with E-state index in [1.54, 1.807) is 0 Å². The van der Waals surface area contributed by atoms with Gasteiger partial charge in [-0.15, -0.1) is 0 Å². The molecule has 0 bridgehead atoms. The maximum atomic E-state index is 12.7. The molecule has 1 aliphatic heterocycles. The molecule has 1 amide bonds. The van der Waals surface area contributed by atoms with E-state index in [-0.39, 0.29) is 5.91 Å². The lowest BCUT2D eigenvalue weighted by Gasteiger charge is -2.27. The predicted molar refractivity (Wildman–Crippen MR) is 82.2 cm³/mol. The fraction of sp³-hybridized carbons (Fsp3) is 0.588. The minimum Gasteiger partial charge on any atom is -0.384 e. The van der Waals surface area contributed by atoms with Crippen LogP contribution in [0.1, 0.15) is 54.4 Å². The van der Waals surface area contributed by atoms with Gasteiger partial charge in [0.05, 0.1) is 0 Å². The summed E-state index contributed by atoms with van der Waals surface area (Å²) in [6, 6.07) is 6.54. The molecule has 0 atom stereocenters. The normalized spacial score (nSPS) is 19.1. The van der Waals surface area contributed by atoms with E-state index in [1.807, 2.05) is 24.1 Å². The second-order valence-corrected chi connectivity index (χ2v) is 6.11. The third-order valence-corrected chi connectivity index (χ3v) is 4.76. The quantitative estimate of drug-likeness (QED) is 0.836. The Morgan fingerprint density at radius 2 is 1.95 bits per heavy atom. The van der Waals surface area contributed by atoms with Crippen LogP contribution in [0.2, 0.25) is 0 Å². The molecule has 1 saturated carbocycles. The molecule has 0 spiro atoms. The lowest BCUT2D eigenvalue weighted by Crippen LogP contribution is -2.36. The summed E-state index contributed by atoms with van der Waals surface area (Å²) >= 11 is 0. The Bertz CT molecular complexity index is 490. The van der Waals surface area contributed by atoms with Gasteiger partial charge in [0.25, 0.3) is 5.91 Å². The Labute approximate surface area is 121 Å². The molecule has 0 saturated heterocycles. The van der Waals surface area contributed by atoms with Gasteiger partial charge in [-0.2, -0.15) is 0 Å². The lowest BCUT2D eigenvalue weighted by atomic mass is 10.0. The molecule has 1 heterocycles. The van der Waals surface area contributed by atoms with Crippen molar-refractivity contribution in [2.75, 3.05) is 18.9 Å². The topological polar surface area (TPSA) is 32.3 Å². The van der Waals surface area contributed by atoms with Crippen LogP contribution in [0.15, 0.2) is 18.2 Å². The summed E-state index contributed by atoms with van der Waals surface area (Å²) in [6.45, 7) is 0.992. The maximum absolute atomic E-state index is 12.7. The zero-order valence-corrected chi connectivity index (χ0v) is 12.3. The van der Waals surface area contributed by atoms with E-state index in [0.29, 0.717) is 6.04 Å². The minimum absolute atomic E-state index is 0.174. The first kappa shape index (κ1) is 13.5. The van der Waals surface area contributed by atoms with Crippen LogP contribution in [0.25, 0.3) is 0 Å². The Morgan fingerprint density at radius 1 is 1.20 bits per heavy atom. The van der Waals surface area contributed by atoms with Gasteiger partial charge in [-0.1, -0.05) is 31.7 Å². The van der Waals surface area contributed by atoms with Gasteiger partial charge in [-0.3, -0.25) is 4.79 Å². The molecule has 20 heavy (non-hydrogen) atoms. The number of hydrogen-bond donors (Lipinski definition) is 1. The molecule has 2 aliphatic rings. The highest BCUT2D eigenvalue weighted by molar-refractivity contribution is 5.95. The van der Waals surface area contributed by atoms with Crippen LogP contribution < -0.4 is 5.32 Å². The van der Waals surface area contributed by atoms with Gasteiger partial charge in [-0.05, 0) is 37.0 Å². The number of hydrogen-bond acceptors (Lipinski definition) is 2. The highest BCUT2D eigenvalue weighted by Crippen LogP contribution is 2.26. The molecular weight excluding hydrogens is 248 g/mol. The van der Waals surface area contributed by atoms with Crippen LogP contribution in [0.3, 0.4) is 0 Å². The Morgan fingerprint density at radius 3 is 2.70 bits per heavy atom. The number of carbonyl (C=O) groups is 1. The van der Waals surface area contributed by atoms with Crippen LogP contribution in [-0.4, -0.2) is 30.4 Å². The van der Waals surface area contributed by atoms with Crippen molar-refractivity contribution < 1.29 is 4.79 Å². The van der Waals surface area contributed by atoms with Gasteiger partial charge in [0.1, 0.15) is 0 Å². The average Bonchev–Trinajstić information content (AvgIpc) is 2.77. The highest BCUT2D eigenvalue weighted by atomic mass is 16.2. The van der Waals surface area contributed by atoms with Crippen LogP contribution >= 0.6 is 0 Å². The second kappa shape index (κ2) is 5.86. The van der Waals surface area contributed by atoms with Gasteiger partial charge in [-0.25, -0.2) is 0 Å². The number of fused-ring (bicyclic) bond motifs is 1. The predicted octanol–water partition coefficient (Wildman–Crippen LogP) is 3.45. The summed E-state index contributed by atoms with van der Waals surface area (Å²) in [4.78, 5) is 14.6. The molecule has 0 radical (unpaired) electrons. The number of benzene rings is 1. The van der Waals surface area contributed by atoms with E-state index in [1.165, 1.54) is 31.2 Å². The average molecular weight is 272 g/mol. The smallest absolute Gasteiger partial charge is 0.253 e. The maximum Gasteiger partial charge on any atom is 0.253 e. The van der Waals surface area contributed by atoms with Crippen molar-refractivity contribution in [1.29, 1.82) is 0 Å². The molecule has 3 heteroatoms. The van der Waals surface area contributed by atoms with Crippen molar-refractivity contribution in [2.45, 2.75) is 51.0 Å². The van der Waals surface area contributed by atoms with E-state index in [0.717, 1.165) is 37.1 Å². The summed E-state index contributed by atoms with van der Waals surface area (Å²) in [5, 5.41) is 3.35. The number of amides is 1. The Hall–Kier alpha value is -1.51. The van der Waals surface area contributed by atoms with Gasteiger partial charge in [0.2, 0.25) is 0 Å². The van der Waals surface area contributed by atoms with Crippen molar-refractivity contribution in [3.63, 3.8) is 0 Å². The largest absolute Gasteiger partial charge is 0.384 e. The van der Waals surface area contributed by atoms with E-state index in [4.69, 9.17) is 0 Å². The highest BCUT2D eigenvalue weighted by Gasteiger charge is 2.23. The third kappa shape index (κ3) is 2.67. The van der Waals surface area contributed by atoms with Crippen molar-refractivity contribution in [1.82, 2.24) is 4.90 Å². The second-order valence-electron chi connectivity index (χ2n) is 6.11. The van der Waals surface area contributed by atoms with Gasteiger partial charge >= 0.3 is 0 Å². The number of rotatable bonds is 2. The van der Waals surface area contributed by atoms with E-state index in [2.05, 4.69) is 11.4 Å². The molecule has 1 aliphatic carbocycles. The number of carbonyl (C=O) groups excluding carboxylic acids is 1. The van der Waals surface area contributed by atoms with Crippen LogP contribution in [-0.2, 0) is 6.42 Å². The molecule has 0 aromatic heterocycles. The fourth-order valence-electron chi connectivity index (χ4n) is 3.44. The molecule has 1 N–H and O–H groups in total. The van der Waals surface area contributed by atoms with Gasteiger partial charge in [0.15, 0.2) is 0 Å². The van der Waals surface area contributed by atoms with Crippen molar-refractivity contribution in [3.8, 4) is 0 Å².